The van der Waals surface area contributed by atoms with E-state index in [1.165, 1.54) is 32.4 Å². The molecule has 0 atom stereocenters. The number of nitrogens with one attached hydrogen (secondary N) is 1. The molecule has 0 aliphatic heterocycles. The fourth-order valence-electron chi connectivity index (χ4n) is 2.01. The highest BCUT2D eigenvalue weighted by Gasteiger charge is 2.33. The van der Waals surface area contributed by atoms with E-state index in [1.807, 2.05) is 0 Å². The van der Waals surface area contributed by atoms with Crippen molar-refractivity contribution in [2.75, 3.05) is 19.5 Å². The monoisotopic (exact) mass is 359 g/mol. The molecule has 2 aromatic carbocycles. The summed E-state index contributed by atoms with van der Waals surface area (Å²) in [5.74, 6) is 0.0348. The highest BCUT2D eigenvalue weighted by atomic mass is 35.5. The maximum absolute atomic E-state index is 12.9. The molecule has 0 radical (unpaired) electrons. The van der Waals surface area contributed by atoms with E-state index >= 15 is 0 Å². The molecular weight excluding hydrogens is 347 g/mol. The number of carbonyl (C=O) groups is 1. The molecule has 0 aliphatic carbocycles. The number of rotatable bonds is 4. The molecular formula is C16H13ClF3NO3. The first-order valence-corrected chi connectivity index (χ1v) is 7.04. The standard InChI is InChI=1S/C16H13ClF3NO3/c1-23-10-4-6-14(24-2)11(8-10)15(22)21-9-3-5-13(17)12(7-9)16(18,19)20/h3-8H,1-2H3,(H,21,22). The minimum absolute atomic E-state index is 0.0402. The summed E-state index contributed by atoms with van der Waals surface area (Å²) < 4.78 is 48.7. The lowest BCUT2D eigenvalue weighted by molar-refractivity contribution is -0.137. The minimum Gasteiger partial charge on any atom is -0.497 e. The van der Waals surface area contributed by atoms with Crippen LogP contribution in [0.3, 0.4) is 0 Å². The minimum atomic E-state index is -4.62. The Morgan fingerprint density at radius 2 is 1.79 bits per heavy atom. The van der Waals surface area contributed by atoms with Crippen LogP contribution in [0.1, 0.15) is 15.9 Å². The first-order chi connectivity index (χ1) is 11.3. The molecule has 1 amide bonds. The third-order valence-corrected chi connectivity index (χ3v) is 3.51. The molecule has 24 heavy (non-hydrogen) atoms. The third-order valence-electron chi connectivity index (χ3n) is 3.18. The van der Waals surface area contributed by atoms with Crippen LogP contribution in [0.25, 0.3) is 0 Å². The third kappa shape index (κ3) is 3.91. The number of alkyl halides is 3. The van der Waals surface area contributed by atoms with E-state index in [-0.39, 0.29) is 17.0 Å². The summed E-state index contributed by atoms with van der Waals surface area (Å²) in [6.45, 7) is 0. The Morgan fingerprint density at radius 3 is 2.38 bits per heavy atom. The van der Waals surface area contributed by atoms with Crippen LogP contribution in [-0.2, 0) is 6.18 Å². The molecule has 0 saturated carbocycles. The molecule has 0 bridgehead atoms. The topological polar surface area (TPSA) is 47.6 Å². The van der Waals surface area contributed by atoms with Crippen molar-refractivity contribution in [3.05, 3.63) is 52.5 Å². The Labute approximate surface area is 141 Å². The Balaban J connectivity index is 2.34. The van der Waals surface area contributed by atoms with Crippen molar-refractivity contribution in [3.63, 3.8) is 0 Å². The molecule has 1 N–H and O–H groups in total. The van der Waals surface area contributed by atoms with Gasteiger partial charge in [0.05, 0.1) is 30.4 Å². The van der Waals surface area contributed by atoms with Gasteiger partial charge in [-0.25, -0.2) is 0 Å². The summed E-state index contributed by atoms with van der Waals surface area (Å²) in [6.07, 6.45) is -4.62. The van der Waals surface area contributed by atoms with Crippen molar-refractivity contribution in [2.45, 2.75) is 6.18 Å². The Bertz CT molecular complexity index is 763. The number of hydrogen-bond acceptors (Lipinski definition) is 3. The predicted octanol–water partition coefficient (Wildman–Crippen LogP) is 4.63. The summed E-state index contributed by atoms with van der Waals surface area (Å²) in [5.41, 5.74) is -0.943. The smallest absolute Gasteiger partial charge is 0.417 e. The summed E-state index contributed by atoms with van der Waals surface area (Å²) >= 11 is 5.55. The number of anilines is 1. The quantitative estimate of drug-likeness (QED) is 0.866. The summed E-state index contributed by atoms with van der Waals surface area (Å²) in [7, 11) is 2.81. The van der Waals surface area contributed by atoms with Crippen LogP contribution in [0.4, 0.5) is 18.9 Å². The van der Waals surface area contributed by atoms with Gasteiger partial charge in [-0.05, 0) is 36.4 Å². The molecule has 2 aromatic rings. The molecule has 0 aliphatic rings. The van der Waals surface area contributed by atoms with Gasteiger partial charge in [0.25, 0.3) is 5.91 Å². The Hall–Kier alpha value is -2.41. The first-order valence-electron chi connectivity index (χ1n) is 6.66. The van der Waals surface area contributed by atoms with E-state index in [0.29, 0.717) is 5.75 Å². The van der Waals surface area contributed by atoms with Crippen LogP contribution in [0.5, 0.6) is 11.5 Å². The van der Waals surface area contributed by atoms with Crippen molar-refractivity contribution in [2.24, 2.45) is 0 Å². The number of halogens is 4. The molecule has 0 spiro atoms. The average Bonchev–Trinajstić information content (AvgIpc) is 2.54. The van der Waals surface area contributed by atoms with Gasteiger partial charge in [0.1, 0.15) is 11.5 Å². The van der Waals surface area contributed by atoms with Gasteiger partial charge in [-0.15, -0.1) is 0 Å². The fourth-order valence-corrected chi connectivity index (χ4v) is 2.23. The lowest BCUT2D eigenvalue weighted by Crippen LogP contribution is -2.14. The van der Waals surface area contributed by atoms with E-state index in [0.717, 1.165) is 12.1 Å². The predicted molar refractivity (Wildman–Crippen MR) is 84.0 cm³/mol. The van der Waals surface area contributed by atoms with Crippen LogP contribution >= 0.6 is 11.6 Å². The summed E-state index contributed by atoms with van der Waals surface area (Å²) in [4.78, 5) is 12.3. The maximum atomic E-state index is 12.9. The number of amides is 1. The largest absolute Gasteiger partial charge is 0.497 e. The summed E-state index contributed by atoms with van der Waals surface area (Å²) in [6, 6.07) is 7.67. The van der Waals surface area contributed by atoms with Crippen LogP contribution in [-0.4, -0.2) is 20.1 Å². The fraction of sp³-hybridized carbons (Fsp3) is 0.188. The van der Waals surface area contributed by atoms with Crippen molar-refractivity contribution < 1.29 is 27.4 Å². The molecule has 0 aromatic heterocycles. The second-order valence-electron chi connectivity index (χ2n) is 4.71. The van der Waals surface area contributed by atoms with Gasteiger partial charge in [-0.1, -0.05) is 11.6 Å². The van der Waals surface area contributed by atoms with Crippen molar-refractivity contribution >= 4 is 23.2 Å². The molecule has 0 saturated heterocycles. The zero-order valence-electron chi connectivity index (χ0n) is 12.7. The van der Waals surface area contributed by atoms with Gasteiger partial charge < -0.3 is 14.8 Å². The molecule has 4 nitrogen and oxygen atoms in total. The van der Waals surface area contributed by atoms with Gasteiger partial charge in [-0.2, -0.15) is 13.2 Å². The van der Waals surface area contributed by atoms with Crippen LogP contribution in [0.2, 0.25) is 5.02 Å². The van der Waals surface area contributed by atoms with E-state index in [2.05, 4.69) is 5.32 Å². The Morgan fingerprint density at radius 1 is 1.08 bits per heavy atom. The van der Waals surface area contributed by atoms with E-state index in [4.69, 9.17) is 21.1 Å². The molecule has 8 heteroatoms. The highest BCUT2D eigenvalue weighted by Crippen LogP contribution is 2.36. The first kappa shape index (κ1) is 17.9. The number of ether oxygens (including phenoxy) is 2. The van der Waals surface area contributed by atoms with E-state index in [1.54, 1.807) is 6.07 Å². The van der Waals surface area contributed by atoms with Crippen LogP contribution in [0, 0.1) is 0 Å². The number of hydrogen-bond donors (Lipinski definition) is 1. The van der Waals surface area contributed by atoms with Gasteiger partial charge in [-0.3, -0.25) is 4.79 Å². The number of methoxy groups -OCH3 is 2. The van der Waals surface area contributed by atoms with Gasteiger partial charge in [0.2, 0.25) is 0 Å². The number of benzene rings is 2. The highest BCUT2D eigenvalue weighted by molar-refractivity contribution is 6.31. The molecule has 0 unspecified atom stereocenters. The summed E-state index contributed by atoms with van der Waals surface area (Å²) in [5, 5.41) is 1.95. The zero-order chi connectivity index (χ0) is 17.9. The van der Waals surface area contributed by atoms with E-state index < -0.39 is 22.7 Å². The lowest BCUT2D eigenvalue weighted by atomic mass is 10.1. The normalized spacial score (nSPS) is 11.1. The second kappa shape index (κ2) is 7.00. The van der Waals surface area contributed by atoms with Crippen LogP contribution < -0.4 is 14.8 Å². The van der Waals surface area contributed by atoms with Crippen molar-refractivity contribution in [1.82, 2.24) is 0 Å². The molecule has 128 valence electrons. The van der Waals surface area contributed by atoms with Crippen molar-refractivity contribution in [3.8, 4) is 11.5 Å². The van der Waals surface area contributed by atoms with Gasteiger partial charge in [0.15, 0.2) is 0 Å². The SMILES string of the molecule is COc1ccc(OC)c(C(=O)Nc2ccc(Cl)c(C(F)(F)F)c2)c1. The molecule has 2 rings (SSSR count). The lowest BCUT2D eigenvalue weighted by Gasteiger charge is -2.13. The zero-order valence-corrected chi connectivity index (χ0v) is 13.5. The van der Waals surface area contributed by atoms with Gasteiger partial charge in [0, 0.05) is 5.69 Å². The number of carbonyl (C=O) groups excluding carboxylic acids is 1. The van der Waals surface area contributed by atoms with Crippen molar-refractivity contribution in [1.29, 1.82) is 0 Å². The Kier molecular flexibility index (Phi) is 5.23. The van der Waals surface area contributed by atoms with Crippen LogP contribution in [0.15, 0.2) is 36.4 Å². The maximum Gasteiger partial charge on any atom is 0.417 e. The second-order valence-corrected chi connectivity index (χ2v) is 5.12. The van der Waals surface area contributed by atoms with E-state index in [9.17, 15) is 18.0 Å². The molecule has 0 fully saturated rings. The molecule has 0 heterocycles. The average molecular weight is 360 g/mol. The van der Waals surface area contributed by atoms with Gasteiger partial charge >= 0.3 is 6.18 Å².